The van der Waals surface area contributed by atoms with E-state index >= 15 is 0 Å². The van der Waals surface area contributed by atoms with Gasteiger partial charge in [-0.2, -0.15) is 0 Å². The monoisotopic (exact) mass is 352 g/mol. The smallest absolute Gasteiger partial charge is 0.191 e. The Kier molecular flexibility index (Phi) is 6.54. The number of likely N-dealkylation sites (tertiary alicyclic amines) is 2. The summed E-state index contributed by atoms with van der Waals surface area (Å²) in [6, 6.07) is 0. The predicted molar refractivity (Wildman–Crippen MR) is 82.9 cm³/mol. The molecule has 0 aromatic carbocycles. The molecule has 2 aliphatic rings. The Morgan fingerprint density at radius 3 is 2.53 bits per heavy atom. The van der Waals surface area contributed by atoms with E-state index in [4.69, 9.17) is 5.73 Å². The van der Waals surface area contributed by atoms with Gasteiger partial charge in [0, 0.05) is 26.2 Å². The number of halogens is 1. The quantitative estimate of drug-likeness (QED) is 0.464. The highest BCUT2D eigenvalue weighted by molar-refractivity contribution is 14.0. The van der Waals surface area contributed by atoms with E-state index in [1.807, 2.05) is 0 Å². The lowest BCUT2D eigenvalue weighted by molar-refractivity contribution is 0.337. The minimum atomic E-state index is 0. The predicted octanol–water partition coefficient (Wildman–Crippen LogP) is 1.36. The molecular formula is C12H25IN4. The minimum Gasteiger partial charge on any atom is -0.370 e. The van der Waals surface area contributed by atoms with Gasteiger partial charge in [0.25, 0.3) is 0 Å². The Bertz CT molecular complexity index is 251. The minimum absolute atomic E-state index is 0. The maximum absolute atomic E-state index is 6.02. The van der Waals surface area contributed by atoms with Crippen molar-refractivity contribution in [3.05, 3.63) is 0 Å². The maximum Gasteiger partial charge on any atom is 0.191 e. The molecule has 5 heteroatoms. The Hall–Kier alpha value is -0.0400. The Morgan fingerprint density at radius 1 is 1.24 bits per heavy atom. The van der Waals surface area contributed by atoms with Crippen molar-refractivity contribution in [1.82, 2.24) is 9.80 Å². The molecule has 0 radical (unpaired) electrons. The molecule has 2 N–H and O–H groups in total. The molecule has 4 nitrogen and oxygen atoms in total. The molecule has 100 valence electrons. The number of guanidine groups is 1. The molecule has 0 aromatic rings. The van der Waals surface area contributed by atoms with Crippen molar-refractivity contribution < 1.29 is 0 Å². The molecule has 0 bridgehead atoms. The number of nitrogens with two attached hydrogens (primary N) is 1. The zero-order valence-electron chi connectivity index (χ0n) is 10.8. The summed E-state index contributed by atoms with van der Waals surface area (Å²) in [7, 11) is 2.18. The van der Waals surface area contributed by atoms with Crippen molar-refractivity contribution in [3.8, 4) is 0 Å². The normalized spacial score (nSPS) is 27.0. The van der Waals surface area contributed by atoms with Crippen LogP contribution in [0.3, 0.4) is 0 Å². The molecule has 2 aliphatic heterocycles. The van der Waals surface area contributed by atoms with Gasteiger partial charge in [-0.05, 0) is 45.2 Å². The van der Waals surface area contributed by atoms with Gasteiger partial charge in [0.2, 0.25) is 0 Å². The first-order valence-corrected chi connectivity index (χ1v) is 6.49. The Labute approximate surface area is 122 Å². The van der Waals surface area contributed by atoms with Gasteiger partial charge in [-0.1, -0.05) is 0 Å². The number of rotatable bonds is 2. The average molecular weight is 352 g/mol. The molecule has 2 fully saturated rings. The standard InChI is InChI=1S/C12H24N4.HI/c1-15-8-5-11(10-15)9-14-12(13)16-6-3-2-4-7-16;/h11H,2-10H2,1H3,(H2,13,14);1H. The van der Waals surface area contributed by atoms with Crippen molar-refractivity contribution in [3.63, 3.8) is 0 Å². The van der Waals surface area contributed by atoms with Gasteiger partial charge in [0.05, 0.1) is 0 Å². The van der Waals surface area contributed by atoms with E-state index in [1.54, 1.807) is 0 Å². The lowest BCUT2D eigenvalue weighted by atomic mass is 10.1. The second-order valence-corrected chi connectivity index (χ2v) is 5.16. The Balaban J connectivity index is 0.00000144. The molecule has 17 heavy (non-hydrogen) atoms. The number of hydrogen-bond acceptors (Lipinski definition) is 2. The summed E-state index contributed by atoms with van der Waals surface area (Å²) < 4.78 is 0. The zero-order chi connectivity index (χ0) is 11.4. The molecule has 2 heterocycles. The van der Waals surface area contributed by atoms with Crippen LogP contribution in [0.1, 0.15) is 25.7 Å². The van der Waals surface area contributed by atoms with E-state index in [1.165, 1.54) is 38.8 Å². The zero-order valence-corrected chi connectivity index (χ0v) is 13.1. The first-order chi connectivity index (χ1) is 7.75. The third kappa shape index (κ3) is 4.62. The fourth-order valence-electron chi connectivity index (χ4n) is 2.62. The number of hydrogen-bond donors (Lipinski definition) is 1. The summed E-state index contributed by atoms with van der Waals surface area (Å²) in [6.07, 6.45) is 5.15. The molecule has 2 saturated heterocycles. The number of piperidine rings is 1. The van der Waals surface area contributed by atoms with Gasteiger partial charge in [0.1, 0.15) is 0 Å². The van der Waals surface area contributed by atoms with Crippen molar-refractivity contribution in [2.24, 2.45) is 16.6 Å². The van der Waals surface area contributed by atoms with Crippen LogP contribution in [0, 0.1) is 5.92 Å². The molecule has 0 spiro atoms. The van der Waals surface area contributed by atoms with E-state index in [2.05, 4.69) is 21.8 Å². The summed E-state index contributed by atoms with van der Waals surface area (Å²) >= 11 is 0. The SMILES string of the molecule is CN1CCC(CN=C(N)N2CCCCC2)C1.I. The molecular weight excluding hydrogens is 327 g/mol. The fraction of sp³-hybridized carbons (Fsp3) is 0.917. The van der Waals surface area contributed by atoms with Gasteiger partial charge in [-0.3, -0.25) is 4.99 Å². The summed E-state index contributed by atoms with van der Waals surface area (Å²) in [4.78, 5) is 9.17. The average Bonchev–Trinajstić information content (AvgIpc) is 2.73. The van der Waals surface area contributed by atoms with E-state index in [0.717, 1.165) is 25.6 Å². The van der Waals surface area contributed by atoms with Crippen LogP contribution in [0.15, 0.2) is 4.99 Å². The van der Waals surface area contributed by atoms with Gasteiger partial charge in [0.15, 0.2) is 5.96 Å². The van der Waals surface area contributed by atoms with Crippen LogP contribution in [-0.4, -0.2) is 55.5 Å². The molecule has 0 saturated carbocycles. The van der Waals surface area contributed by atoms with E-state index < -0.39 is 0 Å². The molecule has 0 aliphatic carbocycles. The van der Waals surface area contributed by atoms with Crippen LogP contribution in [0.5, 0.6) is 0 Å². The highest BCUT2D eigenvalue weighted by Gasteiger charge is 2.19. The summed E-state index contributed by atoms with van der Waals surface area (Å²) in [5, 5.41) is 0. The van der Waals surface area contributed by atoms with Gasteiger partial charge >= 0.3 is 0 Å². The summed E-state index contributed by atoms with van der Waals surface area (Å²) in [5.74, 6) is 1.49. The Morgan fingerprint density at radius 2 is 1.94 bits per heavy atom. The van der Waals surface area contributed by atoms with Crippen molar-refractivity contribution in [2.75, 3.05) is 39.8 Å². The van der Waals surface area contributed by atoms with Crippen LogP contribution in [0.2, 0.25) is 0 Å². The van der Waals surface area contributed by atoms with E-state index in [9.17, 15) is 0 Å². The van der Waals surface area contributed by atoms with Crippen molar-refractivity contribution in [1.29, 1.82) is 0 Å². The second-order valence-electron chi connectivity index (χ2n) is 5.16. The largest absolute Gasteiger partial charge is 0.370 e. The topological polar surface area (TPSA) is 44.9 Å². The molecule has 1 unspecified atom stereocenters. The highest BCUT2D eigenvalue weighted by atomic mass is 127. The lowest BCUT2D eigenvalue weighted by Gasteiger charge is -2.27. The first-order valence-electron chi connectivity index (χ1n) is 6.49. The van der Waals surface area contributed by atoms with Crippen molar-refractivity contribution >= 4 is 29.9 Å². The molecule has 2 rings (SSSR count). The fourth-order valence-corrected chi connectivity index (χ4v) is 2.62. The third-order valence-corrected chi connectivity index (χ3v) is 3.68. The van der Waals surface area contributed by atoms with Crippen LogP contribution in [0.25, 0.3) is 0 Å². The molecule has 0 aromatic heterocycles. The number of nitrogens with zero attached hydrogens (tertiary/aromatic N) is 3. The van der Waals surface area contributed by atoms with Crippen LogP contribution >= 0.6 is 24.0 Å². The maximum atomic E-state index is 6.02. The second kappa shape index (κ2) is 7.41. The van der Waals surface area contributed by atoms with Crippen molar-refractivity contribution in [2.45, 2.75) is 25.7 Å². The number of aliphatic imine (C=N–C) groups is 1. The summed E-state index contributed by atoms with van der Waals surface area (Å²) in [6.45, 7) is 5.49. The summed E-state index contributed by atoms with van der Waals surface area (Å²) in [5.41, 5.74) is 6.02. The van der Waals surface area contributed by atoms with Crippen LogP contribution in [-0.2, 0) is 0 Å². The van der Waals surface area contributed by atoms with Gasteiger partial charge in [-0.25, -0.2) is 0 Å². The molecule has 1 atom stereocenters. The van der Waals surface area contributed by atoms with Gasteiger partial charge in [-0.15, -0.1) is 24.0 Å². The highest BCUT2D eigenvalue weighted by Crippen LogP contribution is 2.14. The van der Waals surface area contributed by atoms with Gasteiger partial charge < -0.3 is 15.5 Å². The third-order valence-electron chi connectivity index (χ3n) is 3.68. The molecule has 0 amide bonds. The van der Waals surface area contributed by atoms with Crippen LogP contribution < -0.4 is 5.73 Å². The van der Waals surface area contributed by atoms with E-state index in [0.29, 0.717) is 5.92 Å². The van der Waals surface area contributed by atoms with E-state index in [-0.39, 0.29) is 24.0 Å². The first kappa shape index (κ1) is 15.0. The van der Waals surface area contributed by atoms with Crippen LogP contribution in [0.4, 0.5) is 0 Å². The lowest BCUT2D eigenvalue weighted by Crippen LogP contribution is -2.41.